The molecule has 80 valence electrons. The molecule has 0 unspecified atom stereocenters. The van der Waals surface area contributed by atoms with Crippen LogP contribution in [0.25, 0.3) is 0 Å². The number of primary amides is 1. The Labute approximate surface area is 94.6 Å². The van der Waals surface area contributed by atoms with Crippen molar-refractivity contribution in [3.63, 3.8) is 0 Å². The summed E-state index contributed by atoms with van der Waals surface area (Å²) in [6, 6.07) is 5.60. The predicted octanol–water partition coefficient (Wildman–Crippen LogP) is 1.22. The van der Waals surface area contributed by atoms with Crippen molar-refractivity contribution in [2.45, 2.75) is 20.3 Å². The van der Waals surface area contributed by atoms with E-state index in [0.29, 0.717) is 5.56 Å². The lowest BCUT2D eigenvalue weighted by Crippen LogP contribution is -2.92. The van der Waals surface area contributed by atoms with Crippen LogP contribution in [0.15, 0.2) is 23.2 Å². The van der Waals surface area contributed by atoms with E-state index >= 15 is 0 Å². The average molecular weight is 213 g/mol. The lowest BCUT2D eigenvalue weighted by atomic mass is 10.0. The molecule has 0 aromatic heterocycles. The lowest BCUT2D eigenvalue weighted by Gasteiger charge is -2.11. The first-order valence-corrected chi connectivity index (χ1v) is 5.28. The van der Waals surface area contributed by atoms with E-state index < -0.39 is 0 Å². The molecule has 0 atom stereocenters. The van der Waals surface area contributed by atoms with Crippen LogP contribution in [-0.4, -0.2) is 11.7 Å². The highest BCUT2D eigenvalue weighted by molar-refractivity contribution is 6.03. The zero-order valence-corrected chi connectivity index (χ0v) is 9.37. The molecule has 0 bridgehead atoms. The van der Waals surface area contributed by atoms with Gasteiger partial charge in [0.1, 0.15) is 5.56 Å². The summed E-state index contributed by atoms with van der Waals surface area (Å²) in [7, 11) is 0. The van der Waals surface area contributed by atoms with Gasteiger partial charge in [0.15, 0.2) is 0 Å². The number of amidine groups is 1. The van der Waals surface area contributed by atoms with Crippen LogP contribution in [0.3, 0.4) is 0 Å². The maximum atomic E-state index is 11.9. The number of nitrogens with zero attached hydrogens (tertiary/aromatic N) is 1. The van der Waals surface area contributed by atoms with Crippen LogP contribution in [-0.2, 0) is 0 Å². The number of benzene rings is 1. The van der Waals surface area contributed by atoms with E-state index in [1.165, 1.54) is 0 Å². The van der Waals surface area contributed by atoms with Crippen molar-refractivity contribution in [2.24, 2.45) is 4.99 Å². The third-order valence-corrected chi connectivity index (χ3v) is 2.47. The molecule has 16 heavy (non-hydrogen) atoms. The summed E-state index contributed by atoms with van der Waals surface area (Å²) in [5, 5.41) is 1.60. The third-order valence-electron chi connectivity index (χ3n) is 2.47. The quantitative estimate of drug-likeness (QED) is 0.700. The summed E-state index contributed by atoms with van der Waals surface area (Å²) >= 11 is 0. The van der Waals surface area contributed by atoms with Gasteiger partial charge >= 0.3 is 5.91 Å². The average Bonchev–Trinajstić information content (AvgIpc) is 2.29. The van der Waals surface area contributed by atoms with Gasteiger partial charge in [-0.15, -0.1) is 5.92 Å². The minimum absolute atomic E-state index is 0.0141. The third kappa shape index (κ3) is 1.75. The molecular formula is C13H13N2O+. The summed E-state index contributed by atoms with van der Waals surface area (Å²) < 4.78 is 0. The number of aliphatic imine (C=N–C) groups is 1. The molecule has 0 aliphatic carbocycles. The van der Waals surface area contributed by atoms with Gasteiger partial charge in [0.25, 0.3) is 0 Å². The molecule has 2 N–H and O–H groups in total. The number of carbonyl (C=O) groups is 1. The Kier molecular flexibility index (Phi) is 2.84. The smallest absolute Gasteiger partial charge is 0.234 e. The fraction of sp³-hybridized carbons (Fsp3) is 0.231. The first-order valence-electron chi connectivity index (χ1n) is 5.28. The van der Waals surface area contributed by atoms with Crippen molar-refractivity contribution in [1.82, 2.24) is 0 Å². The van der Waals surface area contributed by atoms with E-state index in [2.05, 4.69) is 16.8 Å². The lowest BCUT2D eigenvalue weighted by molar-refractivity contribution is -0.433. The van der Waals surface area contributed by atoms with Crippen LogP contribution < -0.4 is 5.32 Å². The van der Waals surface area contributed by atoms with Crippen molar-refractivity contribution >= 4 is 17.4 Å². The van der Waals surface area contributed by atoms with E-state index in [0.717, 1.165) is 23.5 Å². The highest BCUT2D eigenvalue weighted by Gasteiger charge is 2.25. The highest BCUT2D eigenvalue weighted by Crippen LogP contribution is 2.23. The van der Waals surface area contributed by atoms with E-state index in [9.17, 15) is 4.79 Å². The van der Waals surface area contributed by atoms with Gasteiger partial charge in [0, 0.05) is 12.0 Å². The van der Waals surface area contributed by atoms with Gasteiger partial charge in [-0.2, -0.15) is 4.99 Å². The molecule has 3 heteroatoms. The summed E-state index contributed by atoms with van der Waals surface area (Å²) in [5.74, 6) is 6.60. The van der Waals surface area contributed by atoms with Crippen LogP contribution >= 0.6 is 0 Å². The van der Waals surface area contributed by atoms with E-state index in [1.807, 2.05) is 25.1 Å². The Morgan fingerprint density at radius 3 is 2.94 bits per heavy atom. The molecule has 1 aliphatic heterocycles. The number of quaternary nitrogens is 1. The molecule has 1 aromatic rings. The van der Waals surface area contributed by atoms with Crippen molar-refractivity contribution in [3.05, 3.63) is 29.3 Å². The van der Waals surface area contributed by atoms with Gasteiger partial charge < -0.3 is 0 Å². The summed E-state index contributed by atoms with van der Waals surface area (Å²) in [5.41, 5.74) is 2.14. The second kappa shape index (κ2) is 4.30. The number of rotatable bonds is 1. The number of nitrogens with two attached hydrogens (primary N) is 1. The normalized spacial score (nSPS) is 13.6. The van der Waals surface area contributed by atoms with Gasteiger partial charge in [0.05, 0.1) is 5.69 Å². The number of hydrogen-bond donors (Lipinski definition) is 1. The van der Waals surface area contributed by atoms with Crippen LogP contribution in [0.4, 0.5) is 5.69 Å². The van der Waals surface area contributed by atoms with Gasteiger partial charge in [-0.1, -0.05) is 18.9 Å². The van der Waals surface area contributed by atoms with E-state index in [1.54, 1.807) is 12.2 Å². The standard InChI is InChI=1S/C13H12N2O/c1-3-6-9-7-5-8-10-12(9)13(16)15-11(4-2)14-10/h5,7-8H,4H2,1-2H3,(H,14,15,16)/p+1. The number of amides is 1. The predicted molar refractivity (Wildman–Crippen MR) is 62.6 cm³/mol. The zero-order chi connectivity index (χ0) is 11.5. The second-order valence-corrected chi connectivity index (χ2v) is 3.54. The monoisotopic (exact) mass is 213 g/mol. The summed E-state index contributed by atoms with van der Waals surface area (Å²) in [6.45, 7) is 3.75. The maximum absolute atomic E-state index is 11.9. The van der Waals surface area contributed by atoms with Gasteiger partial charge in [-0.3, -0.25) is 0 Å². The largest absolute Gasteiger partial charge is 0.352 e. The Morgan fingerprint density at radius 1 is 1.44 bits per heavy atom. The summed E-state index contributed by atoms with van der Waals surface area (Å²) in [6.07, 6.45) is 0.773. The number of fused-ring (bicyclic) bond motifs is 1. The molecular weight excluding hydrogens is 200 g/mol. The van der Waals surface area contributed by atoms with E-state index in [4.69, 9.17) is 0 Å². The van der Waals surface area contributed by atoms with Crippen molar-refractivity contribution < 1.29 is 10.1 Å². The first-order chi connectivity index (χ1) is 7.76. The molecule has 0 saturated carbocycles. The Morgan fingerprint density at radius 2 is 2.25 bits per heavy atom. The molecule has 1 aliphatic rings. The Bertz CT molecular complexity index is 533. The van der Waals surface area contributed by atoms with Gasteiger partial charge in [0.2, 0.25) is 5.84 Å². The SMILES string of the molecule is CC#Cc1cccc2c1C(=O)[NH2+]C(CC)=N2. The van der Waals surface area contributed by atoms with Crippen LogP contribution in [0, 0.1) is 11.8 Å². The van der Waals surface area contributed by atoms with Gasteiger partial charge in [-0.25, -0.2) is 10.1 Å². The van der Waals surface area contributed by atoms with Crippen molar-refractivity contribution in [2.75, 3.05) is 0 Å². The van der Waals surface area contributed by atoms with E-state index in [-0.39, 0.29) is 5.91 Å². The fourth-order valence-electron chi connectivity index (χ4n) is 1.72. The van der Waals surface area contributed by atoms with Gasteiger partial charge in [-0.05, 0) is 19.1 Å². The molecule has 1 heterocycles. The van der Waals surface area contributed by atoms with Crippen LogP contribution in [0.1, 0.15) is 36.2 Å². The number of carbonyl (C=O) groups excluding carboxylic acids is 1. The molecule has 3 nitrogen and oxygen atoms in total. The molecule has 0 saturated heterocycles. The van der Waals surface area contributed by atoms with Crippen molar-refractivity contribution in [3.8, 4) is 11.8 Å². The minimum atomic E-state index is 0.0141. The second-order valence-electron chi connectivity index (χ2n) is 3.54. The first kappa shape index (κ1) is 10.6. The Hall–Kier alpha value is -1.92. The molecule has 0 spiro atoms. The summed E-state index contributed by atoms with van der Waals surface area (Å²) in [4.78, 5) is 16.4. The van der Waals surface area contributed by atoms with Crippen LogP contribution in [0.2, 0.25) is 0 Å². The minimum Gasteiger partial charge on any atom is -0.234 e. The van der Waals surface area contributed by atoms with Crippen LogP contribution in [0.5, 0.6) is 0 Å². The topological polar surface area (TPSA) is 46.0 Å². The van der Waals surface area contributed by atoms with Crippen molar-refractivity contribution in [1.29, 1.82) is 0 Å². The Balaban J connectivity index is 2.62. The number of hydrogen-bond acceptors (Lipinski definition) is 2. The molecule has 1 aromatic carbocycles. The molecule has 0 fully saturated rings. The molecule has 2 rings (SSSR count). The fourth-order valence-corrected chi connectivity index (χ4v) is 1.72. The zero-order valence-electron chi connectivity index (χ0n) is 9.37. The molecule has 0 radical (unpaired) electrons. The molecule has 1 amide bonds. The maximum Gasteiger partial charge on any atom is 0.352 e. The highest BCUT2D eigenvalue weighted by atomic mass is 16.1.